The quantitative estimate of drug-likeness (QED) is 0.231. The number of hydrogen-bond acceptors (Lipinski definition) is 3. The monoisotopic (exact) mass is 565 g/mol. The summed E-state index contributed by atoms with van der Waals surface area (Å²) in [5.74, 6) is 0.760. The standard InChI is InChI=1S/C25H35N5O2.HI/c1-5-9-23(31)29-22-13-8-11-20(17-22)18-28-25(26-6-2)27-15-14-19-10-7-12-21(16-19)24(32)30(3)4;/h7-8,10-13,16-17H,5-6,9,14-15,18H2,1-4H3,(H,29,31)(H2,26,27,28);1H. The Balaban J connectivity index is 0.00000544. The molecule has 0 aromatic heterocycles. The summed E-state index contributed by atoms with van der Waals surface area (Å²) >= 11 is 0. The van der Waals surface area contributed by atoms with Gasteiger partial charge in [0.2, 0.25) is 5.91 Å². The third-order valence-corrected chi connectivity index (χ3v) is 4.74. The van der Waals surface area contributed by atoms with Gasteiger partial charge in [-0.3, -0.25) is 9.59 Å². The SMILES string of the molecule is CCCC(=O)Nc1cccc(CN=C(NCC)NCCc2cccc(C(=O)N(C)C)c2)c1.I. The van der Waals surface area contributed by atoms with E-state index >= 15 is 0 Å². The lowest BCUT2D eigenvalue weighted by atomic mass is 10.1. The van der Waals surface area contributed by atoms with Gasteiger partial charge in [-0.15, -0.1) is 24.0 Å². The van der Waals surface area contributed by atoms with Gasteiger partial charge >= 0.3 is 0 Å². The first-order valence-corrected chi connectivity index (χ1v) is 11.1. The third kappa shape index (κ3) is 10.2. The first kappa shape index (κ1) is 28.4. The smallest absolute Gasteiger partial charge is 0.253 e. The molecule has 0 heterocycles. The number of benzene rings is 2. The molecule has 0 unspecified atom stereocenters. The largest absolute Gasteiger partial charge is 0.357 e. The van der Waals surface area contributed by atoms with E-state index < -0.39 is 0 Å². The van der Waals surface area contributed by atoms with Crippen LogP contribution in [0.1, 0.15) is 48.2 Å². The highest BCUT2D eigenvalue weighted by Gasteiger charge is 2.08. The number of amides is 2. The van der Waals surface area contributed by atoms with E-state index in [-0.39, 0.29) is 35.8 Å². The van der Waals surface area contributed by atoms with Crippen molar-refractivity contribution in [1.29, 1.82) is 0 Å². The fourth-order valence-electron chi connectivity index (χ4n) is 3.15. The molecule has 33 heavy (non-hydrogen) atoms. The van der Waals surface area contributed by atoms with Crippen molar-refractivity contribution < 1.29 is 9.59 Å². The number of carbonyl (C=O) groups excluding carboxylic acids is 2. The van der Waals surface area contributed by atoms with E-state index in [4.69, 9.17) is 0 Å². The molecule has 0 radical (unpaired) electrons. The summed E-state index contributed by atoms with van der Waals surface area (Å²) in [6.07, 6.45) is 2.12. The topological polar surface area (TPSA) is 85.8 Å². The summed E-state index contributed by atoms with van der Waals surface area (Å²) in [5.41, 5.74) is 3.60. The summed E-state index contributed by atoms with van der Waals surface area (Å²) < 4.78 is 0. The number of nitrogens with zero attached hydrogens (tertiary/aromatic N) is 2. The van der Waals surface area contributed by atoms with Crippen molar-refractivity contribution in [1.82, 2.24) is 15.5 Å². The molecule has 2 rings (SSSR count). The lowest BCUT2D eigenvalue weighted by Gasteiger charge is -2.13. The Bertz CT molecular complexity index is 931. The van der Waals surface area contributed by atoms with Crippen molar-refractivity contribution in [2.45, 2.75) is 39.7 Å². The van der Waals surface area contributed by atoms with E-state index in [1.807, 2.05) is 62.4 Å². The molecule has 0 atom stereocenters. The maximum atomic E-state index is 12.2. The highest BCUT2D eigenvalue weighted by Crippen LogP contribution is 2.12. The van der Waals surface area contributed by atoms with E-state index in [1.54, 1.807) is 19.0 Å². The van der Waals surface area contributed by atoms with Crippen molar-refractivity contribution in [3.05, 3.63) is 65.2 Å². The fourth-order valence-corrected chi connectivity index (χ4v) is 3.15. The first-order chi connectivity index (χ1) is 15.4. The molecule has 8 heteroatoms. The predicted molar refractivity (Wildman–Crippen MR) is 146 cm³/mol. The van der Waals surface area contributed by atoms with Gasteiger partial charge in [-0.25, -0.2) is 4.99 Å². The third-order valence-electron chi connectivity index (χ3n) is 4.74. The number of hydrogen-bond donors (Lipinski definition) is 3. The molecular formula is C25H36IN5O2. The van der Waals surface area contributed by atoms with Gasteiger partial charge in [0.1, 0.15) is 0 Å². The van der Waals surface area contributed by atoms with Gasteiger partial charge < -0.3 is 20.9 Å². The van der Waals surface area contributed by atoms with Crippen LogP contribution in [0.2, 0.25) is 0 Å². The van der Waals surface area contributed by atoms with Gasteiger partial charge in [0.15, 0.2) is 5.96 Å². The Hall–Kier alpha value is -2.62. The van der Waals surface area contributed by atoms with Gasteiger partial charge in [-0.2, -0.15) is 0 Å². The van der Waals surface area contributed by atoms with Crippen molar-refractivity contribution in [2.75, 3.05) is 32.5 Å². The van der Waals surface area contributed by atoms with Crippen LogP contribution in [-0.2, 0) is 17.8 Å². The van der Waals surface area contributed by atoms with Crippen molar-refractivity contribution in [3.8, 4) is 0 Å². The van der Waals surface area contributed by atoms with E-state index in [9.17, 15) is 9.59 Å². The first-order valence-electron chi connectivity index (χ1n) is 11.1. The number of guanidine groups is 1. The zero-order valence-corrected chi connectivity index (χ0v) is 22.3. The molecule has 180 valence electrons. The molecular weight excluding hydrogens is 529 g/mol. The van der Waals surface area contributed by atoms with Crippen LogP contribution in [0.25, 0.3) is 0 Å². The minimum atomic E-state index is 0. The van der Waals surface area contributed by atoms with Crippen LogP contribution in [0.3, 0.4) is 0 Å². The Morgan fingerprint density at radius 1 is 0.970 bits per heavy atom. The normalized spacial score (nSPS) is 10.7. The lowest BCUT2D eigenvalue weighted by molar-refractivity contribution is -0.116. The Morgan fingerprint density at radius 3 is 2.39 bits per heavy atom. The summed E-state index contributed by atoms with van der Waals surface area (Å²) in [5, 5.41) is 9.53. The molecule has 7 nitrogen and oxygen atoms in total. The van der Waals surface area contributed by atoms with Crippen LogP contribution in [-0.4, -0.2) is 49.9 Å². The van der Waals surface area contributed by atoms with Gasteiger partial charge in [-0.1, -0.05) is 31.2 Å². The molecule has 0 saturated carbocycles. The summed E-state index contributed by atoms with van der Waals surface area (Å²) in [6, 6.07) is 15.5. The zero-order chi connectivity index (χ0) is 23.3. The number of aliphatic imine (C=N–C) groups is 1. The van der Waals surface area contributed by atoms with E-state index in [0.29, 0.717) is 25.1 Å². The van der Waals surface area contributed by atoms with Gasteiger partial charge in [0.05, 0.1) is 6.54 Å². The number of halogens is 1. The average Bonchev–Trinajstić information content (AvgIpc) is 2.77. The molecule has 0 aliphatic rings. The molecule has 0 saturated heterocycles. The highest BCUT2D eigenvalue weighted by molar-refractivity contribution is 14.0. The second-order valence-corrected chi connectivity index (χ2v) is 7.77. The Morgan fingerprint density at radius 2 is 1.70 bits per heavy atom. The molecule has 0 fully saturated rings. The molecule has 0 aliphatic heterocycles. The van der Waals surface area contributed by atoms with Gasteiger partial charge in [0.25, 0.3) is 5.91 Å². The van der Waals surface area contributed by atoms with E-state index in [0.717, 1.165) is 42.2 Å². The van der Waals surface area contributed by atoms with Crippen LogP contribution in [0.4, 0.5) is 5.69 Å². The highest BCUT2D eigenvalue weighted by atomic mass is 127. The summed E-state index contributed by atoms with van der Waals surface area (Å²) in [6.45, 7) is 5.96. The molecule has 0 bridgehead atoms. The molecule has 2 aromatic carbocycles. The zero-order valence-electron chi connectivity index (χ0n) is 20.0. The van der Waals surface area contributed by atoms with Crippen LogP contribution in [0.5, 0.6) is 0 Å². The molecule has 2 amide bonds. The number of anilines is 1. The Labute approximate surface area is 214 Å². The fraction of sp³-hybridized carbons (Fsp3) is 0.400. The maximum Gasteiger partial charge on any atom is 0.253 e. The van der Waals surface area contributed by atoms with Crippen molar-refractivity contribution >= 4 is 47.4 Å². The molecule has 0 aliphatic carbocycles. The minimum absolute atomic E-state index is 0. The average molecular weight is 566 g/mol. The molecule has 2 aromatic rings. The van der Waals surface area contributed by atoms with Crippen molar-refractivity contribution in [2.24, 2.45) is 4.99 Å². The van der Waals surface area contributed by atoms with E-state index in [2.05, 4.69) is 20.9 Å². The summed E-state index contributed by atoms with van der Waals surface area (Å²) in [4.78, 5) is 30.2. The van der Waals surface area contributed by atoms with Crippen LogP contribution >= 0.6 is 24.0 Å². The lowest BCUT2D eigenvalue weighted by Crippen LogP contribution is -2.38. The van der Waals surface area contributed by atoms with Crippen LogP contribution in [0.15, 0.2) is 53.5 Å². The maximum absolute atomic E-state index is 12.2. The predicted octanol–water partition coefficient (Wildman–Crippen LogP) is 4.04. The Kier molecular flexibility index (Phi) is 13.1. The van der Waals surface area contributed by atoms with Gasteiger partial charge in [0, 0.05) is 44.9 Å². The molecule has 0 spiro atoms. The molecule has 3 N–H and O–H groups in total. The second kappa shape index (κ2) is 15.3. The second-order valence-electron chi connectivity index (χ2n) is 7.77. The van der Waals surface area contributed by atoms with Gasteiger partial charge in [-0.05, 0) is 55.2 Å². The minimum Gasteiger partial charge on any atom is -0.357 e. The van der Waals surface area contributed by atoms with Crippen LogP contribution < -0.4 is 16.0 Å². The summed E-state index contributed by atoms with van der Waals surface area (Å²) in [7, 11) is 3.51. The number of nitrogens with one attached hydrogen (secondary N) is 3. The number of rotatable bonds is 10. The van der Waals surface area contributed by atoms with E-state index in [1.165, 1.54) is 0 Å². The number of carbonyl (C=O) groups is 2. The van der Waals surface area contributed by atoms with Crippen LogP contribution in [0, 0.1) is 0 Å². The van der Waals surface area contributed by atoms with Crippen molar-refractivity contribution in [3.63, 3.8) is 0 Å².